The normalized spacial score (nSPS) is 10.8. The first-order valence-electron chi connectivity index (χ1n) is 10.4. The average molecular weight is 422 g/mol. The second-order valence-corrected chi connectivity index (χ2v) is 7.95. The molecule has 1 rings (SSSR count). The summed E-state index contributed by atoms with van der Waals surface area (Å²) in [5.41, 5.74) is 0.509. The van der Waals surface area contributed by atoms with Crippen molar-refractivity contribution in [2.45, 2.75) is 59.0 Å². The van der Waals surface area contributed by atoms with Crippen LogP contribution in [0.15, 0.2) is 24.3 Å². The van der Waals surface area contributed by atoms with Gasteiger partial charge in [0.15, 0.2) is 0 Å². The van der Waals surface area contributed by atoms with Crippen molar-refractivity contribution < 1.29 is 23.9 Å². The van der Waals surface area contributed by atoms with Gasteiger partial charge in [0.25, 0.3) is 0 Å². The van der Waals surface area contributed by atoms with Crippen molar-refractivity contribution >= 4 is 17.9 Å². The largest absolute Gasteiger partial charge is 0.493 e. The van der Waals surface area contributed by atoms with Gasteiger partial charge in [0, 0.05) is 32.5 Å². The summed E-state index contributed by atoms with van der Waals surface area (Å²) in [4.78, 5) is 35.0. The van der Waals surface area contributed by atoms with Crippen LogP contribution in [0.3, 0.4) is 0 Å². The minimum atomic E-state index is -0.565. The maximum atomic E-state index is 11.8. The zero-order valence-electron chi connectivity index (χ0n) is 18.5. The molecule has 0 bridgehead atoms. The molecule has 30 heavy (non-hydrogen) atoms. The Labute approximate surface area is 179 Å². The third kappa shape index (κ3) is 12.6. The molecule has 1 aromatic rings. The van der Waals surface area contributed by atoms with Crippen molar-refractivity contribution in [1.82, 2.24) is 16.0 Å². The van der Waals surface area contributed by atoms with Crippen molar-refractivity contribution in [2.75, 3.05) is 26.2 Å². The Balaban J connectivity index is 1.98. The molecule has 0 fully saturated rings. The summed E-state index contributed by atoms with van der Waals surface area (Å²) in [7, 11) is 0. The molecule has 3 N–H and O–H groups in total. The Kier molecular flexibility index (Phi) is 11.3. The summed E-state index contributed by atoms with van der Waals surface area (Å²) in [6.07, 6.45) is 1.31. The van der Waals surface area contributed by atoms with E-state index >= 15 is 0 Å². The summed E-state index contributed by atoms with van der Waals surface area (Å²) in [5, 5.41) is 8.11. The highest BCUT2D eigenvalue weighted by atomic mass is 16.6. The second-order valence-electron chi connectivity index (χ2n) is 7.95. The molecule has 0 aliphatic heterocycles. The number of hydrogen-bond donors (Lipinski definition) is 3. The van der Waals surface area contributed by atoms with Crippen LogP contribution in [0.4, 0.5) is 4.79 Å². The first-order valence-corrected chi connectivity index (χ1v) is 10.4. The topological polar surface area (TPSA) is 106 Å². The molecular formula is C22H35N3O5. The van der Waals surface area contributed by atoms with Crippen molar-refractivity contribution in [2.24, 2.45) is 0 Å². The van der Waals surface area contributed by atoms with Gasteiger partial charge >= 0.3 is 6.09 Å². The quantitative estimate of drug-likeness (QED) is 0.450. The third-order valence-corrected chi connectivity index (χ3v) is 3.92. The average Bonchev–Trinajstić information content (AvgIpc) is 2.64. The van der Waals surface area contributed by atoms with E-state index in [4.69, 9.17) is 9.47 Å². The van der Waals surface area contributed by atoms with Gasteiger partial charge in [0.2, 0.25) is 11.8 Å². The molecule has 8 heteroatoms. The van der Waals surface area contributed by atoms with Crippen molar-refractivity contribution in [3.63, 3.8) is 0 Å². The molecule has 0 aromatic heterocycles. The monoisotopic (exact) mass is 421 g/mol. The van der Waals surface area contributed by atoms with Crippen LogP contribution < -0.4 is 20.7 Å². The lowest BCUT2D eigenvalue weighted by atomic mass is 10.2. The molecule has 0 aliphatic rings. The predicted octanol–water partition coefficient (Wildman–Crippen LogP) is 2.69. The van der Waals surface area contributed by atoms with Crippen LogP contribution in [0.2, 0.25) is 0 Å². The summed E-state index contributed by atoms with van der Waals surface area (Å²) in [6.45, 7) is 8.97. The number of ether oxygens (including phenoxy) is 2. The molecule has 0 spiro atoms. The van der Waals surface area contributed by atoms with E-state index in [0.29, 0.717) is 39.0 Å². The Bertz CT molecular complexity index is 686. The van der Waals surface area contributed by atoms with E-state index in [1.807, 2.05) is 31.2 Å². The minimum absolute atomic E-state index is 0.0312. The number of carbonyl (C=O) groups is 3. The van der Waals surface area contributed by atoms with E-state index in [-0.39, 0.29) is 24.8 Å². The zero-order valence-corrected chi connectivity index (χ0v) is 18.5. The van der Waals surface area contributed by atoms with Gasteiger partial charge in [-0.25, -0.2) is 4.79 Å². The number of aryl methyl sites for hydroxylation is 1. The summed E-state index contributed by atoms with van der Waals surface area (Å²) < 4.78 is 10.8. The van der Waals surface area contributed by atoms with Crippen molar-refractivity contribution in [3.05, 3.63) is 29.8 Å². The predicted molar refractivity (Wildman–Crippen MR) is 115 cm³/mol. The first-order chi connectivity index (χ1) is 14.2. The summed E-state index contributed by atoms with van der Waals surface area (Å²) in [5.74, 6) is 0.650. The maximum Gasteiger partial charge on any atom is 0.407 e. The second kappa shape index (κ2) is 13.5. The van der Waals surface area contributed by atoms with Crippen molar-refractivity contribution in [1.29, 1.82) is 0 Å². The van der Waals surface area contributed by atoms with Gasteiger partial charge in [-0.3, -0.25) is 9.59 Å². The standard InChI is InChI=1S/C22H35N3O5/c1-17-9-5-6-10-18(17)29-16-7-11-19(26)23-13-8-14-24-20(27)12-15-25-21(28)30-22(2,3)4/h5-6,9-10H,7-8,11-16H2,1-4H3,(H,23,26)(H,24,27)(H,25,28). The fourth-order valence-electron chi connectivity index (χ4n) is 2.45. The molecule has 0 unspecified atom stereocenters. The van der Waals surface area contributed by atoms with Gasteiger partial charge < -0.3 is 25.4 Å². The maximum absolute atomic E-state index is 11.8. The third-order valence-electron chi connectivity index (χ3n) is 3.92. The van der Waals surface area contributed by atoms with Gasteiger partial charge in [-0.15, -0.1) is 0 Å². The molecule has 168 valence electrons. The number of carbonyl (C=O) groups excluding carboxylic acids is 3. The molecule has 0 saturated carbocycles. The first kappa shape index (κ1) is 25.3. The number of amides is 3. The van der Waals surface area contributed by atoms with Crippen LogP contribution in [0.25, 0.3) is 0 Å². The molecular weight excluding hydrogens is 386 g/mol. The van der Waals surface area contributed by atoms with E-state index < -0.39 is 11.7 Å². The van der Waals surface area contributed by atoms with Gasteiger partial charge in [0.05, 0.1) is 6.61 Å². The van der Waals surface area contributed by atoms with E-state index in [0.717, 1.165) is 11.3 Å². The van der Waals surface area contributed by atoms with Gasteiger partial charge in [-0.05, 0) is 52.2 Å². The molecule has 0 heterocycles. The number of nitrogens with one attached hydrogen (secondary N) is 3. The molecule has 0 aliphatic carbocycles. The van der Waals surface area contributed by atoms with E-state index in [1.165, 1.54) is 0 Å². The Hall–Kier alpha value is -2.77. The number of alkyl carbamates (subject to hydrolysis) is 1. The number of hydrogen-bond acceptors (Lipinski definition) is 5. The van der Waals surface area contributed by atoms with Gasteiger partial charge in [-0.1, -0.05) is 18.2 Å². The Morgan fingerprint density at radius 3 is 2.13 bits per heavy atom. The van der Waals surface area contributed by atoms with Crippen molar-refractivity contribution in [3.8, 4) is 5.75 Å². The lowest BCUT2D eigenvalue weighted by molar-refractivity contribution is -0.121. The lowest BCUT2D eigenvalue weighted by Crippen LogP contribution is -2.35. The Morgan fingerprint density at radius 2 is 1.50 bits per heavy atom. The minimum Gasteiger partial charge on any atom is -0.493 e. The number of benzene rings is 1. The summed E-state index contributed by atoms with van der Waals surface area (Å²) in [6, 6.07) is 7.78. The molecule has 0 atom stereocenters. The van der Waals surface area contributed by atoms with E-state index in [9.17, 15) is 14.4 Å². The number of rotatable bonds is 12. The van der Waals surface area contributed by atoms with Crippen LogP contribution >= 0.6 is 0 Å². The molecule has 3 amide bonds. The smallest absolute Gasteiger partial charge is 0.407 e. The highest BCUT2D eigenvalue weighted by Crippen LogP contribution is 2.16. The Morgan fingerprint density at radius 1 is 0.867 bits per heavy atom. The lowest BCUT2D eigenvalue weighted by Gasteiger charge is -2.19. The zero-order chi connectivity index (χ0) is 22.4. The van der Waals surface area contributed by atoms with Crippen LogP contribution in [-0.2, 0) is 14.3 Å². The van der Waals surface area contributed by atoms with Crippen LogP contribution in [0.5, 0.6) is 5.75 Å². The number of para-hydroxylation sites is 1. The van der Waals surface area contributed by atoms with Crippen LogP contribution in [-0.4, -0.2) is 49.7 Å². The van der Waals surface area contributed by atoms with E-state index in [2.05, 4.69) is 16.0 Å². The SMILES string of the molecule is Cc1ccccc1OCCCC(=O)NCCCNC(=O)CCNC(=O)OC(C)(C)C. The molecule has 0 saturated heterocycles. The van der Waals surface area contributed by atoms with Gasteiger partial charge in [0.1, 0.15) is 11.4 Å². The highest BCUT2D eigenvalue weighted by molar-refractivity contribution is 5.77. The fraction of sp³-hybridized carbons (Fsp3) is 0.591. The summed E-state index contributed by atoms with van der Waals surface area (Å²) >= 11 is 0. The molecule has 1 aromatic carbocycles. The fourth-order valence-corrected chi connectivity index (χ4v) is 2.45. The van der Waals surface area contributed by atoms with E-state index in [1.54, 1.807) is 20.8 Å². The molecule has 8 nitrogen and oxygen atoms in total. The van der Waals surface area contributed by atoms with Crippen LogP contribution in [0.1, 0.15) is 52.0 Å². The van der Waals surface area contributed by atoms with Crippen LogP contribution in [0, 0.1) is 6.92 Å². The van der Waals surface area contributed by atoms with Gasteiger partial charge in [-0.2, -0.15) is 0 Å². The highest BCUT2D eigenvalue weighted by Gasteiger charge is 2.15. The molecule has 0 radical (unpaired) electrons.